The molecule has 0 atom stereocenters. The number of halogens is 1. The number of amidine groups is 1. The molecule has 13 heavy (non-hydrogen) atoms. The van der Waals surface area contributed by atoms with E-state index in [1.54, 1.807) is 0 Å². The van der Waals surface area contributed by atoms with E-state index in [4.69, 9.17) is 5.73 Å². The van der Waals surface area contributed by atoms with Gasteiger partial charge in [-0.2, -0.15) is 0 Å². The molecule has 0 bridgehead atoms. The first-order valence-electron chi connectivity index (χ1n) is 3.85. The first-order chi connectivity index (χ1) is 6.25. The van der Waals surface area contributed by atoms with Crippen molar-refractivity contribution in [2.75, 3.05) is 17.4 Å². The fraction of sp³-hybridized carbons (Fsp3) is 0.125. The molecule has 1 aromatic rings. The third-order valence-corrected chi connectivity index (χ3v) is 2.21. The zero-order chi connectivity index (χ0) is 9.26. The molecule has 0 spiro atoms. The lowest BCUT2D eigenvalue weighted by atomic mass is 10.3. The van der Waals surface area contributed by atoms with E-state index in [0.29, 0.717) is 6.67 Å². The highest BCUT2D eigenvalue weighted by atomic mass is 79.9. The first kappa shape index (κ1) is 8.37. The molecule has 0 unspecified atom stereocenters. The highest BCUT2D eigenvalue weighted by Crippen LogP contribution is 2.16. The lowest BCUT2D eigenvalue weighted by molar-refractivity contribution is 0.845. The number of hydrogen-bond donors (Lipinski definition) is 2. The summed E-state index contributed by atoms with van der Waals surface area (Å²) in [7, 11) is 0. The van der Waals surface area contributed by atoms with Gasteiger partial charge in [-0.1, -0.05) is 0 Å². The minimum atomic E-state index is 0.616. The molecule has 0 saturated heterocycles. The van der Waals surface area contributed by atoms with Crippen molar-refractivity contribution in [1.82, 2.24) is 5.43 Å². The van der Waals surface area contributed by atoms with Crippen LogP contribution in [-0.4, -0.2) is 11.4 Å². The summed E-state index contributed by atoms with van der Waals surface area (Å²) in [6.07, 6.45) is 0. The number of nitrogens with two attached hydrogens (primary N) is 1. The maximum absolute atomic E-state index is 5.58. The van der Waals surface area contributed by atoms with E-state index in [0.717, 1.165) is 16.1 Å². The Labute approximate surface area is 84.5 Å². The number of aliphatic imine (C=N–C) groups is 1. The van der Waals surface area contributed by atoms with Gasteiger partial charge in [-0.15, -0.1) is 0 Å². The molecule has 1 aliphatic heterocycles. The summed E-state index contributed by atoms with van der Waals surface area (Å²) in [5.74, 6) is 0. The fourth-order valence-corrected chi connectivity index (χ4v) is 1.44. The quantitative estimate of drug-likeness (QED) is 0.575. The van der Waals surface area contributed by atoms with Crippen LogP contribution in [0.15, 0.2) is 29.3 Å². The number of hydrazine groups is 1. The van der Waals surface area contributed by atoms with E-state index in [-0.39, 0.29) is 0 Å². The van der Waals surface area contributed by atoms with Crippen LogP contribution in [0.2, 0.25) is 0 Å². The van der Waals surface area contributed by atoms with Gasteiger partial charge in [-0.05, 0) is 40.2 Å². The molecule has 68 valence electrons. The zero-order valence-electron chi connectivity index (χ0n) is 6.87. The lowest BCUT2D eigenvalue weighted by Gasteiger charge is -2.17. The van der Waals surface area contributed by atoms with Crippen molar-refractivity contribution in [1.29, 1.82) is 0 Å². The Kier molecular flexibility index (Phi) is 2.10. The normalized spacial score (nSPS) is 15.5. The molecule has 1 heterocycles. The number of anilines is 2. The average Bonchev–Trinajstić information content (AvgIpc) is 2.53. The number of hydrogen-bond acceptors (Lipinski definition) is 4. The number of benzene rings is 1. The molecule has 5 heteroatoms. The summed E-state index contributed by atoms with van der Waals surface area (Å²) in [6, 6.07) is 7.62. The van der Waals surface area contributed by atoms with E-state index < -0.39 is 0 Å². The van der Waals surface area contributed by atoms with E-state index >= 15 is 0 Å². The van der Waals surface area contributed by atoms with E-state index in [9.17, 15) is 0 Å². The third kappa shape index (κ3) is 1.75. The molecule has 0 aromatic heterocycles. The van der Waals surface area contributed by atoms with Crippen molar-refractivity contribution >= 4 is 32.0 Å². The molecule has 1 aromatic carbocycles. The molecule has 0 aliphatic carbocycles. The highest BCUT2D eigenvalue weighted by Gasteiger charge is 2.11. The topological polar surface area (TPSA) is 53.6 Å². The monoisotopic (exact) mass is 240 g/mol. The van der Waals surface area contributed by atoms with Gasteiger partial charge in [0, 0.05) is 5.69 Å². The van der Waals surface area contributed by atoms with Gasteiger partial charge in [0.2, 0.25) is 0 Å². The zero-order valence-corrected chi connectivity index (χ0v) is 8.45. The Morgan fingerprint density at radius 2 is 2.08 bits per heavy atom. The maximum atomic E-state index is 5.58. The van der Waals surface area contributed by atoms with Crippen molar-refractivity contribution in [3.63, 3.8) is 0 Å². The number of nitrogens with zero attached hydrogens (tertiary/aromatic N) is 2. The van der Waals surface area contributed by atoms with Gasteiger partial charge in [0.1, 0.15) is 6.67 Å². The molecule has 0 saturated carbocycles. The number of nitrogens with one attached hydrogen (secondary N) is 1. The summed E-state index contributed by atoms with van der Waals surface area (Å²) in [5, 5.41) is 1.92. The summed E-state index contributed by atoms with van der Waals surface area (Å²) >= 11 is 3.26. The van der Waals surface area contributed by atoms with Gasteiger partial charge in [0.25, 0.3) is 0 Å². The molecule has 0 amide bonds. The number of nitrogen functional groups attached to an aromatic ring is 1. The second-order valence-electron chi connectivity index (χ2n) is 2.72. The van der Waals surface area contributed by atoms with Crippen molar-refractivity contribution in [2.24, 2.45) is 4.99 Å². The molecule has 4 nitrogen and oxygen atoms in total. The van der Waals surface area contributed by atoms with Crippen LogP contribution in [0.1, 0.15) is 0 Å². The molecule has 3 N–H and O–H groups in total. The predicted molar refractivity (Wildman–Crippen MR) is 57.7 cm³/mol. The van der Waals surface area contributed by atoms with Crippen LogP contribution in [0, 0.1) is 0 Å². The molecular formula is C8H9BrN4. The van der Waals surface area contributed by atoms with Gasteiger partial charge in [0.15, 0.2) is 4.74 Å². The second kappa shape index (κ2) is 3.26. The molecule has 2 rings (SSSR count). The van der Waals surface area contributed by atoms with Crippen LogP contribution < -0.4 is 16.2 Å². The van der Waals surface area contributed by atoms with Gasteiger partial charge < -0.3 is 5.73 Å². The SMILES string of the molecule is Nc1ccc(N2CN=C(Br)N2)cc1. The Bertz CT molecular complexity index is 333. The standard InChI is InChI=1S/C8H9BrN4/c9-8-11-5-13(12-8)7-3-1-6(10)2-4-7/h1-4H,5,10H2,(H,11,12). The van der Waals surface area contributed by atoms with E-state index in [2.05, 4.69) is 26.3 Å². The summed E-state index contributed by atoms with van der Waals surface area (Å²) in [6.45, 7) is 0.616. The van der Waals surface area contributed by atoms with Crippen LogP contribution in [0.25, 0.3) is 0 Å². The van der Waals surface area contributed by atoms with Crippen LogP contribution in [0.5, 0.6) is 0 Å². The van der Waals surface area contributed by atoms with Gasteiger partial charge in [-0.25, -0.2) is 4.99 Å². The molecular weight excluding hydrogens is 232 g/mol. The van der Waals surface area contributed by atoms with E-state index in [1.807, 2.05) is 29.3 Å². The smallest absolute Gasteiger partial charge is 0.186 e. The minimum absolute atomic E-state index is 0.616. The Balaban J connectivity index is 2.14. The minimum Gasteiger partial charge on any atom is -0.399 e. The van der Waals surface area contributed by atoms with Crippen molar-refractivity contribution in [2.45, 2.75) is 0 Å². The van der Waals surface area contributed by atoms with Crippen LogP contribution in [0.4, 0.5) is 11.4 Å². The van der Waals surface area contributed by atoms with Gasteiger partial charge >= 0.3 is 0 Å². The third-order valence-electron chi connectivity index (χ3n) is 1.78. The largest absolute Gasteiger partial charge is 0.399 e. The fourth-order valence-electron chi connectivity index (χ4n) is 1.12. The van der Waals surface area contributed by atoms with Crippen LogP contribution in [-0.2, 0) is 0 Å². The molecule has 1 aliphatic rings. The maximum Gasteiger partial charge on any atom is 0.186 e. The Hall–Kier alpha value is -1.23. The van der Waals surface area contributed by atoms with Crippen molar-refractivity contribution < 1.29 is 0 Å². The Morgan fingerprint density at radius 1 is 1.38 bits per heavy atom. The number of rotatable bonds is 1. The van der Waals surface area contributed by atoms with Crippen LogP contribution >= 0.6 is 15.9 Å². The first-order valence-corrected chi connectivity index (χ1v) is 4.65. The summed E-state index contributed by atoms with van der Waals surface area (Å²) in [4.78, 5) is 4.13. The van der Waals surface area contributed by atoms with Crippen molar-refractivity contribution in [3.8, 4) is 0 Å². The van der Waals surface area contributed by atoms with Gasteiger partial charge in [-0.3, -0.25) is 10.4 Å². The van der Waals surface area contributed by atoms with Gasteiger partial charge in [0.05, 0.1) is 5.69 Å². The highest BCUT2D eigenvalue weighted by molar-refractivity contribution is 9.18. The van der Waals surface area contributed by atoms with Crippen LogP contribution in [0.3, 0.4) is 0 Å². The predicted octanol–water partition coefficient (Wildman–Crippen LogP) is 1.30. The summed E-state index contributed by atoms with van der Waals surface area (Å²) < 4.78 is 0.754. The molecule has 0 fully saturated rings. The van der Waals surface area contributed by atoms with E-state index in [1.165, 1.54) is 0 Å². The second-order valence-corrected chi connectivity index (χ2v) is 3.47. The Morgan fingerprint density at radius 3 is 2.62 bits per heavy atom. The van der Waals surface area contributed by atoms with Crippen molar-refractivity contribution in [3.05, 3.63) is 24.3 Å². The average molecular weight is 241 g/mol. The lowest BCUT2D eigenvalue weighted by Crippen LogP contribution is -2.33. The molecule has 0 radical (unpaired) electrons. The summed E-state index contributed by atoms with van der Waals surface area (Å²) in [5.41, 5.74) is 10.4.